The molecule has 1 aliphatic rings. The van der Waals surface area contributed by atoms with Gasteiger partial charge < -0.3 is 15.4 Å². The van der Waals surface area contributed by atoms with Crippen LogP contribution in [0.2, 0.25) is 0 Å². The molecule has 1 amide bonds. The van der Waals surface area contributed by atoms with Crippen LogP contribution in [0.4, 0.5) is 0 Å². The normalized spacial score (nSPS) is 17.6. The Morgan fingerprint density at radius 3 is 2.33 bits per heavy atom. The molecule has 0 spiro atoms. The first-order valence-corrected chi connectivity index (χ1v) is 4.94. The van der Waals surface area contributed by atoms with Crippen LogP contribution in [-0.2, 0) is 14.3 Å². The number of esters is 1. The third-order valence-electron chi connectivity index (χ3n) is 2.48. The van der Waals surface area contributed by atoms with E-state index in [9.17, 15) is 9.59 Å². The zero-order valence-electron chi connectivity index (χ0n) is 8.94. The lowest BCUT2D eigenvalue weighted by atomic mass is 10.3. The molecular weight excluding hydrogens is 198 g/mol. The van der Waals surface area contributed by atoms with Crippen molar-refractivity contribution in [3.63, 3.8) is 0 Å². The highest BCUT2D eigenvalue weighted by Gasteiger charge is 2.21. The van der Waals surface area contributed by atoms with Crippen molar-refractivity contribution in [3.8, 4) is 0 Å². The van der Waals surface area contributed by atoms with Crippen molar-refractivity contribution < 1.29 is 14.3 Å². The Balaban J connectivity index is 2.29. The standard InChI is InChI=1S/C9H17N3O3/c1-15-9(14)7-11-2-4-12(5-3-11)8(13)6-10/h2-7,10H2,1H3. The number of rotatable bonds is 3. The molecule has 0 saturated carbocycles. The fraction of sp³-hybridized carbons (Fsp3) is 0.778. The summed E-state index contributed by atoms with van der Waals surface area (Å²) in [6.45, 7) is 3.00. The SMILES string of the molecule is COC(=O)CN1CCN(C(=O)CN)CC1. The summed E-state index contributed by atoms with van der Waals surface area (Å²) in [5.74, 6) is -0.277. The van der Waals surface area contributed by atoms with E-state index in [0.29, 0.717) is 32.7 Å². The number of carbonyl (C=O) groups excluding carboxylic acids is 2. The fourth-order valence-corrected chi connectivity index (χ4v) is 1.53. The summed E-state index contributed by atoms with van der Waals surface area (Å²) < 4.78 is 4.57. The van der Waals surface area contributed by atoms with Crippen LogP contribution >= 0.6 is 0 Å². The molecule has 0 aromatic rings. The van der Waals surface area contributed by atoms with Crippen molar-refractivity contribution in [2.45, 2.75) is 0 Å². The van der Waals surface area contributed by atoms with Gasteiger partial charge in [0.15, 0.2) is 0 Å². The molecule has 0 aromatic heterocycles. The van der Waals surface area contributed by atoms with Crippen molar-refractivity contribution in [2.75, 3.05) is 46.4 Å². The van der Waals surface area contributed by atoms with Crippen LogP contribution in [0, 0.1) is 0 Å². The van der Waals surface area contributed by atoms with E-state index in [1.165, 1.54) is 7.11 Å². The average molecular weight is 215 g/mol. The van der Waals surface area contributed by atoms with Crippen LogP contribution < -0.4 is 5.73 Å². The molecule has 0 aliphatic carbocycles. The highest BCUT2D eigenvalue weighted by atomic mass is 16.5. The van der Waals surface area contributed by atoms with Crippen LogP contribution in [0.15, 0.2) is 0 Å². The van der Waals surface area contributed by atoms with Crippen LogP contribution in [0.1, 0.15) is 0 Å². The summed E-state index contributed by atoms with van der Waals surface area (Å²) in [6, 6.07) is 0. The third kappa shape index (κ3) is 3.49. The predicted molar refractivity (Wildman–Crippen MR) is 54.1 cm³/mol. The maximum absolute atomic E-state index is 11.2. The minimum Gasteiger partial charge on any atom is -0.468 e. The van der Waals surface area contributed by atoms with Gasteiger partial charge in [-0.05, 0) is 0 Å². The second-order valence-electron chi connectivity index (χ2n) is 3.44. The van der Waals surface area contributed by atoms with E-state index >= 15 is 0 Å². The van der Waals surface area contributed by atoms with Gasteiger partial charge in [0, 0.05) is 26.2 Å². The van der Waals surface area contributed by atoms with Gasteiger partial charge in [0.1, 0.15) is 0 Å². The Morgan fingerprint density at radius 2 is 1.87 bits per heavy atom. The minimum atomic E-state index is -0.242. The van der Waals surface area contributed by atoms with Gasteiger partial charge in [-0.1, -0.05) is 0 Å². The number of amides is 1. The topological polar surface area (TPSA) is 75.9 Å². The molecule has 0 radical (unpaired) electrons. The monoisotopic (exact) mass is 215 g/mol. The Labute approximate surface area is 88.9 Å². The van der Waals surface area contributed by atoms with E-state index in [4.69, 9.17) is 5.73 Å². The number of nitrogens with zero attached hydrogens (tertiary/aromatic N) is 2. The molecule has 1 rings (SSSR count). The highest BCUT2D eigenvalue weighted by Crippen LogP contribution is 2.01. The first-order valence-electron chi connectivity index (χ1n) is 4.94. The summed E-state index contributed by atoms with van der Waals surface area (Å²) in [5.41, 5.74) is 5.26. The zero-order valence-corrected chi connectivity index (χ0v) is 8.94. The van der Waals surface area contributed by atoms with Gasteiger partial charge in [-0.2, -0.15) is 0 Å². The largest absolute Gasteiger partial charge is 0.468 e. The van der Waals surface area contributed by atoms with Crippen LogP contribution in [0.5, 0.6) is 0 Å². The Hall–Kier alpha value is -1.14. The van der Waals surface area contributed by atoms with Crippen molar-refractivity contribution in [1.29, 1.82) is 0 Å². The first kappa shape index (κ1) is 11.9. The smallest absolute Gasteiger partial charge is 0.319 e. The molecule has 6 nitrogen and oxygen atoms in total. The van der Waals surface area contributed by atoms with E-state index < -0.39 is 0 Å². The second-order valence-corrected chi connectivity index (χ2v) is 3.44. The van der Waals surface area contributed by atoms with E-state index in [1.54, 1.807) is 4.90 Å². The molecule has 2 N–H and O–H groups in total. The van der Waals surface area contributed by atoms with Gasteiger partial charge in [-0.25, -0.2) is 0 Å². The maximum Gasteiger partial charge on any atom is 0.319 e. The van der Waals surface area contributed by atoms with E-state index in [1.807, 2.05) is 4.90 Å². The molecule has 1 aliphatic heterocycles. The molecule has 15 heavy (non-hydrogen) atoms. The molecule has 86 valence electrons. The fourth-order valence-electron chi connectivity index (χ4n) is 1.53. The van der Waals surface area contributed by atoms with Gasteiger partial charge >= 0.3 is 5.97 Å². The number of hydrogen-bond acceptors (Lipinski definition) is 5. The molecule has 0 aromatic carbocycles. The Bertz CT molecular complexity index is 237. The van der Waals surface area contributed by atoms with Gasteiger partial charge in [-0.3, -0.25) is 14.5 Å². The van der Waals surface area contributed by atoms with E-state index in [-0.39, 0.29) is 18.4 Å². The lowest BCUT2D eigenvalue weighted by molar-refractivity contribution is -0.142. The quantitative estimate of drug-likeness (QED) is 0.566. The lowest BCUT2D eigenvalue weighted by Gasteiger charge is -2.33. The summed E-state index contributed by atoms with van der Waals surface area (Å²) in [5, 5.41) is 0. The first-order chi connectivity index (χ1) is 7.17. The second kappa shape index (κ2) is 5.67. The third-order valence-corrected chi connectivity index (χ3v) is 2.48. The maximum atomic E-state index is 11.2. The van der Waals surface area contributed by atoms with E-state index in [0.717, 1.165) is 0 Å². The molecule has 0 bridgehead atoms. The highest BCUT2D eigenvalue weighted by molar-refractivity contribution is 5.78. The summed E-state index contributed by atoms with van der Waals surface area (Å²) in [4.78, 5) is 25.9. The van der Waals surface area contributed by atoms with E-state index in [2.05, 4.69) is 4.74 Å². The van der Waals surface area contributed by atoms with Crippen molar-refractivity contribution in [2.24, 2.45) is 5.73 Å². The average Bonchev–Trinajstić information content (AvgIpc) is 2.29. The zero-order chi connectivity index (χ0) is 11.3. The summed E-state index contributed by atoms with van der Waals surface area (Å²) >= 11 is 0. The van der Waals surface area contributed by atoms with Gasteiger partial charge in [0.25, 0.3) is 0 Å². The lowest BCUT2D eigenvalue weighted by Crippen LogP contribution is -2.51. The van der Waals surface area contributed by atoms with Crippen LogP contribution in [0.25, 0.3) is 0 Å². The molecule has 1 saturated heterocycles. The number of hydrogen-bond donors (Lipinski definition) is 1. The Morgan fingerprint density at radius 1 is 1.27 bits per heavy atom. The minimum absolute atomic E-state index is 0.0345. The van der Waals surface area contributed by atoms with Crippen molar-refractivity contribution in [1.82, 2.24) is 9.80 Å². The Kier molecular flexibility index (Phi) is 4.51. The number of nitrogens with two attached hydrogens (primary N) is 1. The molecule has 0 unspecified atom stereocenters. The van der Waals surface area contributed by atoms with Crippen molar-refractivity contribution in [3.05, 3.63) is 0 Å². The number of ether oxygens (including phenoxy) is 1. The summed E-state index contributed by atoms with van der Waals surface area (Å²) in [7, 11) is 1.37. The summed E-state index contributed by atoms with van der Waals surface area (Å²) in [6.07, 6.45) is 0. The molecule has 0 atom stereocenters. The molecule has 1 fully saturated rings. The number of methoxy groups -OCH3 is 1. The molecular formula is C9H17N3O3. The van der Waals surface area contributed by atoms with Gasteiger partial charge in [-0.15, -0.1) is 0 Å². The predicted octanol–water partition coefficient (Wildman–Crippen LogP) is -1.74. The van der Waals surface area contributed by atoms with Gasteiger partial charge in [0.05, 0.1) is 20.2 Å². The molecule has 6 heteroatoms. The van der Waals surface area contributed by atoms with Crippen molar-refractivity contribution >= 4 is 11.9 Å². The van der Waals surface area contributed by atoms with Gasteiger partial charge in [0.2, 0.25) is 5.91 Å². The number of piperazine rings is 1. The van der Waals surface area contributed by atoms with Crippen LogP contribution in [-0.4, -0.2) is 68.1 Å². The molecule has 1 heterocycles. The van der Waals surface area contributed by atoms with Crippen LogP contribution in [0.3, 0.4) is 0 Å². The number of carbonyl (C=O) groups is 2.